The van der Waals surface area contributed by atoms with Crippen LogP contribution in [0, 0.1) is 11.7 Å². The van der Waals surface area contributed by atoms with Gasteiger partial charge in [0.25, 0.3) is 0 Å². The van der Waals surface area contributed by atoms with E-state index in [4.69, 9.17) is 17.0 Å². The van der Waals surface area contributed by atoms with Crippen LogP contribution >= 0.6 is 23.6 Å². The summed E-state index contributed by atoms with van der Waals surface area (Å²) in [7, 11) is 1.66. The van der Waals surface area contributed by atoms with Gasteiger partial charge < -0.3 is 14.3 Å². The number of fused-ring (bicyclic) bond motifs is 1. The number of hydrogen-bond donors (Lipinski definition) is 1. The SMILES string of the molecule is COc1ccc2c(c1)[nH]c(=S)n2C(C)c1ncc(C)s1. The molecule has 0 radical (unpaired) electrons. The van der Waals surface area contributed by atoms with Gasteiger partial charge in [0.1, 0.15) is 10.8 Å². The lowest BCUT2D eigenvalue weighted by Crippen LogP contribution is -2.06. The first kappa shape index (κ1) is 13.3. The number of imidazole rings is 1. The van der Waals surface area contributed by atoms with Gasteiger partial charge in [-0.15, -0.1) is 11.3 Å². The van der Waals surface area contributed by atoms with Crippen LogP contribution in [-0.4, -0.2) is 21.6 Å². The fraction of sp³-hybridized carbons (Fsp3) is 0.286. The largest absolute Gasteiger partial charge is 0.497 e. The Labute approximate surface area is 126 Å². The zero-order chi connectivity index (χ0) is 14.3. The Balaban J connectivity index is 2.16. The molecule has 0 aliphatic rings. The Morgan fingerprint density at radius 2 is 2.25 bits per heavy atom. The van der Waals surface area contributed by atoms with E-state index in [2.05, 4.69) is 28.4 Å². The van der Waals surface area contributed by atoms with E-state index in [9.17, 15) is 0 Å². The predicted molar refractivity (Wildman–Crippen MR) is 84.3 cm³/mol. The Bertz CT molecular complexity index is 815. The van der Waals surface area contributed by atoms with Crippen molar-refractivity contribution >= 4 is 34.6 Å². The molecule has 104 valence electrons. The van der Waals surface area contributed by atoms with Crippen molar-refractivity contribution in [1.82, 2.24) is 14.5 Å². The van der Waals surface area contributed by atoms with Crippen molar-refractivity contribution in [3.63, 3.8) is 0 Å². The summed E-state index contributed by atoms with van der Waals surface area (Å²) in [6, 6.07) is 6.04. The van der Waals surface area contributed by atoms with Crippen molar-refractivity contribution < 1.29 is 4.74 Å². The lowest BCUT2D eigenvalue weighted by molar-refractivity contribution is 0.415. The summed E-state index contributed by atoms with van der Waals surface area (Å²) in [6.07, 6.45) is 1.90. The third kappa shape index (κ3) is 2.14. The highest BCUT2D eigenvalue weighted by atomic mass is 32.1. The van der Waals surface area contributed by atoms with Gasteiger partial charge in [0.15, 0.2) is 4.77 Å². The first-order valence-electron chi connectivity index (χ1n) is 6.30. The molecule has 20 heavy (non-hydrogen) atoms. The molecule has 3 aromatic rings. The van der Waals surface area contributed by atoms with Crippen LogP contribution in [0.3, 0.4) is 0 Å². The quantitative estimate of drug-likeness (QED) is 0.741. The second-order valence-corrected chi connectivity index (χ2v) is 6.32. The number of thiazole rings is 1. The van der Waals surface area contributed by atoms with E-state index in [0.717, 1.165) is 21.8 Å². The van der Waals surface area contributed by atoms with E-state index in [1.54, 1.807) is 18.4 Å². The van der Waals surface area contributed by atoms with Crippen molar-refractivity contribution in [3.05, 3.63) is 39.1 Å². The van der Waals surface area contributed by atoms with Crippen molar-refractivity contribution in [3.8, 4) is 5.75 Å². The highest BCUT2D eigenvalue weighted by Gasteiger charge is 2.16. The maximum atomic E-state index is 5.46. The third-order valence-electron chi connectivity index (χ3n) is 3.31. The van der Waals surface area contributed by atoms with E-state index in [1.165, 1.54) is 4.88 Å². The molecule has 2 heterocycles. The molecule has 0 spiro atoms. The summed E-state index contributed by atoms with van der Waals surface area (Å²) in [4.78, 5) is 8.91. The minimum Gasteiger partial charge on any atom is -0.497 e. The molecule has 0 amide bonds. The van der Waals surface area contributed by atoms with Gasteiger partial charge in [0.05, 0.1) is 24.2 Å². The molecule has 0 saturated carbocycles. The topological polar surface area (TPSA) is 42.8 Å². The fourth-order valence-corrected chi connectivity index (χ4v) is 3.48. The van der Waals surface area contributed by atoms with Crippen LogP contribution in [0.4, 0.5) is 0 Å². The average molecular weight is 305 g/mol. The molecule has 0 fully saturated rings. The Morgan fingerprint density at radius 3 is 2.90 bits per heavy atom. The van der Waals surface area contributed by atoms with E-state index in [-0.39, 0.29) is 6.04 Å². The second-order valence-electron chi connectivity index (χ2n) is 4.67. The number of aromatic amines is 1. The standard InChI is InChI=1S/C14H15N3OS2/c1-8-7-15-13(20-8)9(2)17-12-5-4-10(18-3)6-11(12)16-14(17)19/h4-7,9H,1-3H3,(H,16,19). The Kier molecular flexibility index (Phi) is 3.35. The van der Waals surface area contributed by atoms with Crippen molar-refractivity contribution in [2.75, 3.05) is 7.11 Å². The van der Waals surface area contributed by atoms with Crippen molar-refractivity contribution in [1.29, 1.82) is 0 Å². The second kappa shape index (κ2) is 5.03. The van der Waals surface area contributed by atoms with Crippen LogP contribution in [0.25, 0.3) is 11.0 Å². The molecule has 0 aliphatic carbocycles. The Hall–Kier alpha value is -1.66. The minimum absolute atomic E-state index is 0.114. The van der Waals surface area contributed by atoms with Gasteiger partial charge in [0.2, 0.25) is 0 Å². The molecule has 0 saturated heterocycles. The number of benzene rings is 1. The number of aryl methyl sites for hydroxylation is 1. The van der Waals surface area contributed by atoms with Gasteiger partial charge in [0, 0.05) is 17.1 Å². The molecular formula is C14H15N3OS2. The molecule has 1 N–H and O–H groups in total. The van der Waals surface area contributed by atoms with Crippen LogP contribution in [0.2, 0.25) is 0 Å². The van der Waals surface area contributed by atoms with Crippen LogP contribution in [0.5, 0.6) is 5.75 Å². The Morgan fingerprint density at radius 1 is 1.45 bits per heavy atom. The summed E-state index contributed by atoms with van der Waals surface area (Å²) in [5.74, 6) is 0.818. The molecular weight excluding hydrogens is 290 g/mol. The number of nitrogens with one attached hydrogen (secondary N) is 1. The molecule has 0 bridgehead atoms. The van der Waals surface area contributed by atoms with Crippen LogP contribution in [0.1, 0.15) is 22.9 Å². The molecule has 1 atom stereocenters. The number of aromatic nitrogens is 3. The summed E-state index contributed by atoms with van der Waals surface area (Å²) >= 11 is 7.16. The van der Waals surface area contributed by atoms with Gasteiger partial charge in [-0.2, -0.15) is 0 Å². The van der Waals surface area contributed by atoms with Gasteiger partial charge in [-0.25, -0.2) is 4.98 Å². The van der Waals surface area contributed by atoms with Crippen LogP contribution < -0.4 is 4.74 Å². The molecule has 1 aromatic carbocycles. The summed E-state index contributed by atoms with van der Waals surface area (Å²) in [5.41, 5.74) is 2.05. The smallest absolute Gasteiger partial charge is 0.178 e. The first-order chi connectivity index (χ1) is 9.60. The van der Waals surface area contributed by atoms with Crippen LogP contribution in [0.15, 0.2) is 24.4 Å². The summed E-state index contributed by atoms with van der Waals surface area (Å²) in [6.45, 7) is 4.18. The highest BCUT2D eigenvalue weighted by Crippen LogP contribution is 2.28. The number of hydrogen-bond acceptors (Lipinski definition) is 4. The number of rotatable bonds is 3. The normalized spacial score (nSPS) is 12.8. The van der Waals surface area contributed by atoms with Crippen molar-refractivity contribution in [2.45, 2.75) is 19.9 Å². The monoisotopic (exact) mass is 305 g/mol. The third-order valence-corrected chi connectivity index (χ3v) is 4.69. The van der Waals surface area contributed by atoms with E-state index < -0.39 is 0 Å². The lowest BCUT2D eigenvalue weighted by atomic mass is 10.2. The number of methoxy groups -OCH3 is 1. The molecule has 4 nitrogen and oxygen atoms in total. The molecule has 1 unspecified atom stereocenters. The zero-order valence-corrected chi connectivity index (χ0v) is 13.1. The van der Waals surface area contributed by atoms with Gasteiger partial charge >= 0.3 is 0 Å². The van der Waals surface area contributed by atoms with Gasteiger partial charge in [-0.1, -0.05) is 0 Å². The van der Waals surface area contributed by atoms with Gasteiger partial charge in [-0.3, -0.25) is 0 Å². The number of ether oxygens (including phenoxy) is 1. The maximum Gasteiger partial charge on any atom is 0.178 e. The maximum absolute atomic E-state index is 5.46. The van der Waals surface area contributed by atoms with Gasteiger partial charge in [-0.05, 0) is 38.2 Å². The minimum atomic E-state index is 0.114. The molecule has 6 heteroatoms. The first-order valence-corrected chi connectivity index (χ1v) is 7.53. The van der Waals surface area contributed by atoms with Crippen LogP contribution in [-0.2, 0) is 0 Å². The molecule has 2 aromatic heterocycles. The lowest BCUT2D eigenvalue weighted by Gasteiger charge is -2.11. The summed E-state index contributed by atoms with van der Waals surface area (Å²) in [5, 5.41) is 1.07. The van der Waals surface area contributed by atoms with Crippen molar-refractivity contribution in [2.24, 2.45) is 0 Å². The highest BCUT2D eigenvalue weighted by molar-refractivity contribution is 7.71. The number of H-pyrrole nitrogens is 1. The van der Waals surface area contributed by atoms with E-state index in [0.29, 0.717) is 4.77 Å². The predicted octanol–water partition coefficient (Wildman–Crippen LogP) is 4.08. The number of nitrogens with zero attached hydrogens (tertiary/aromatic N) is 2. The fourth-order valence-electron chi connectivity index (χ4n) is 2.30. The molecule has 3 rings (SSSR count). The zero-order valence-electron chi connectivity index (χ0n) is 11.5. The summed E-state index contributed by atoms with van der Waals surface area (Å²) < 4.78 is 8.05. The van der Waals surface area contributed by atoms with E-state index >= 15 is 0 Å². The molecule has 0 aliphatic heterocycles. The average Bonchev–Trinajstić information content (AvgIpc) is 3.00. The van der Waals surface area contributed by atoms with E-state index in [1.807, 2.05) is 24.4 Å².